The second-order valence-electron chi connectivity index (χ2n) is 8.43. The van der Waals surface area contributed by atoms with Crippen LogP contribution in [-0.2, 0) is 29.9 Å². The fraction of sp³-hybridized carbons (Fsp3) is 0.810. The second kappa shape index (κ2) is 16.6. The van der Waals surface area contributed by atoms with E-state index in [0.29, 0.717) is 35.8 Å². The summed E-state index contributed by atoms with van der Waals surface area (Å²) >= 11 is 2.88. The van der Waals surface area contributed by atoms with E-state index in [9.17, 15) is 23.4 Å². The third-order valence-corrected chi connectivity index (χ3v) is 6.97. The van der Waals surface area contributed by atoms with Gasteiger partial charge in [0.25, 0.3) is 0 Å². The molecule has 0 aromatic carbocycles. The summed E-state index contributed by atoms with van der Waals surface area (Å²) in [5, 5.41) is -1.71. The van der Waals surface area contributed by atoms with E-state index in [1.54, 1.807) is 27.0 Å². The first-order valence-electron chi connectivity index (χ1n) is 10.9. The molecule has 33 heavy (non-hydrogen) atoms. The van der Waals surface area contributed by atoms with Crippen LogP contribution in [0.1, 0.15) is 59.3 Å². The number of hydrogen-bond acceptors (Lipinski definition) is 10. The molecular weight excluding hydrogens is 486 g/mol. The van der Waals surface area contributed by atoms with E-state index >= 15 is 0 Å². The van der Waals surface area contributed by atoms with Crippen molar-refractivity contribution in [2.24, 2.45) is 11.5 Å². The van der Waals surface area contributed by atoms with Crippen LogP contribution in [0.4, 0.5) is 4.79 Å². The van der Waals surface area contributed by atoms with Crippen molar-refractivity contribution in [1.29, 1.82) is 0 Å². The minimum Gasteiger partial charge on any atom is -0.443 e. The van der Waals surface area contributed by atoms with Crippen LogP contribution in [0.5, 0.6) is 0 Å². The van der Waals surface area contributed by atoms with Gasteiger partial charge in [-0.05, 0) is 77.0 Å². The number of rotatable bonds is 14. The van der Waals surface area contributed by atoms with Crippen molar-refractivity contribution in [3.63, 3.8) is 0 Å². The van der Waals surface area contributed by atoms with Crippen LogP contribution in [0, 0.1) is 0 Å². The number of amides is 2. The minimum absolute atomic E-state index is 0.0342. The SMILES string of the molecule is CSCC[C@H](N)C(=O)N(C(=O)OC(C)(C)C)[C@@H](CCSC)C(=O)S(=O)C(=O)CCCCCN. The number of carbonyl (C=O) groups excluding carboxylic acids is 4. The summed E-state index contributed by atoms with van der Waals surface area (Å²) in [5.41, 5.74) is 10.5. The molecule has 0 aliphatic carbocycles. The summed E-state index contributed by atoms with van der Waals surface area (Å²) < 4.78 is 18.1. The summed E-state index contributed by atoms with van der Waals surface area (Å²) in [7, 11) is -2.51. The number of ether oxygens (including phenoxy) is 1. The van der Waals surface area contributed by atoms with Gasteiger partial charge in [0.15, 0.2) is 10.8 Å². The topological polar surface area (TPSA) is 150 Å². The molecule has 0 rings (SSSR count). The highest BCUT2D eigenvalue weighted by Gasteiger charge is 2.42. The minimum atomic E-state index is -2.51. The Bertz CT molecular complexity index is 685. The molecule has 0 aromatic heterocycles. The maximum Gasteiger partial charge on any atom is 0.417 e. The smallest absolute Gasteiger partial charge is 0.417 e. The first kappa shape index (κ1) is 32.0. The number of nitrogens with two attached hydrogens (primary N) is 2. The van der Waals surface area contributed by atoms with Crippen molar-refractivity contribution in [3.05, 3.63) is 0 Å². The molecule has 1 unspecified atom stereocenters. The molecule has 0 fully saturated rings. The Kier molecular flexibility index (Phi) is 16.2. The summed E-state index contributed by atoms with van der Waals surface area (Å²) in [6, 6.07) is -2.45. The third-order valence-electron chi connectivity index (χ3n) is 4.43. The van der Waals surface area contributed by atoms with Gasteiger partial charge in [-0.15, -0.1) is 0 Å². The van der Waals surface area contributed by atoms with E-state index in [4.69, 9.17) is 16.2 Å². The number of hydrogen-bond donors (Lipinski definition) is 2. The molecule has 0 aliphatic heterocycles. The van der Waals surface area contributed by atoms with Crippen LogP contribution in [0.15, 0.2) is 0 Å². The zero-order chi connectivity index (χ0) is 25.6. The van der Waals surface area contributed by atoms with E-state index < -0.39 is 50.7 Å². The van der Waals surface area contributed by atoms with Crippen molar-refractivity contribution >= 4 is 56.6 Å². The van der Waals surface area contributed by atoms with Gasteiger partial charge in [0, 0.05) is 6.42 Å². The van der Waals surface area contributed by atoms with Crippen molar-refractivity contribution in [1.82, 2.24) is 4.90 Å². The summed E-state index contributed by atoms with van der Waals surface area (Å²) in [5.74, 6) is 0.182. The quantitative estimate of drug-likeness (QED) is 0.323. The van der Waals surface area contributed by atoms with Crippen LogP contribution in [0.2, 0.25) is 0 Å². The second-order valence-corrected chi connectivity index (χ2v) is 11.8. The highest BCUT2D eigenvalue weighted by atomic mass is 32.2. The van der Waals surface area contributed by atoms with Gasteiger partial charge in [0.1, 0.15) is 11.6 Å². The Balaban J connectivity index is 5.93. The molecule has 0 aromatic rings. The summed E-state index contributed by atoms with van der Waals surface area (Å²) in [6.07, 6.45) is 4.74. The largest absolute Gasteiger partial charge is 0.443 e. The molecule has 9 nitrogen and oxygen atoms in total. The first-order chi connectivity index (χ1) is 15.4. The predicted octanol–water partition coefficient (Wildman–Crippen LogP) is 2.27. The Hall–Kier alpha value is -0.950. The fourth-order valence-electron chi connectivity index (χ4n) is 2.73. The molecule has 192 valence electrons. The molecule has 0 bridgehead atoms. The van der Waals surface area contributed by atoms with Crippen LogP contribution >= 0.6 is 23.5 Å². The van der Waals surface area contributed by atoms with E-state index in [0.717, 1.165) is 6.42 Å². The maximum absolute atomic E-state index is 13.2. The summed E-state index contributed by atoms with van der Waals surface area (Å²) in [6.45, 7) is 5.37. The monoisotopic (exact) mass is 525 g/mol. The van der Waals surface area contributed by atoms with Gasteiger partial charge in [-0.2, -0.15) is 23.5 Å². The van der Waals surface area contributed by atoms with Gasteiger partial charge < -0.3 is 16.2 Å². The number of nitrogens with zero attached hydrogens (tertiary/aromatic N) is 1. The van der Waals surface area contributed by atoms with Gasteiger partial charge >= 0.3 is 6.09 Å². The van der Waals surface area contributed by atoms with E-state index in [2.05, 4.69) is 0 Å². The maximum atomic E-state index is 13.2. The van der Waals surface area contributed by atoms with Crippen LogP contribution in [-0.4, -0.2) is 79.6 Å². The molecule has 0 aliphatic rings. The third kappa shape index (κ3) is 12.4. The molecule has 12 heteroatoms. The van der Waals surface area contributed by atoms with Crippen LogP contribution in [0.25, 0.3) is 0 Å². The van der Waals surface area contributed by atoms with Gasteiger partial charge in [-0.3, -0.25) is 14.4 Å². The lowest BCUT2D eigenvalue weighted by Crippen LogP contribution is -2.56. The van der Waals surface area contributed by atoms with Crippen molar-refractivity contribution in [2.45, 2.75) is 77.0 Å². The molecule has 3 atom stereocenters. The Morgan fingerprint density at radius 1 is 1.00 bits per heavy atom. The standard InChI is InChI=1S/C21H39N3O6S3/c1-21(2,3)30-20(28)24(18(26)15(23)10-13-31-4)16(11-14-32-5)19(27)33(29)17(25)9-7-6-8-12-22/h15-16H,6-14,22-23H2,1-5H3/t15-,16-,33?/m0/s1. The Morgan fingerprint density at radius 3 is 2.09 bits per heavy atom. The molecule has 0 radical (unpaired) electrons. The first-order valence-corrected chi connectivity index (χ1v) is 14.8. The lowest BCUT2D eigenvalue weighted by molar-refractivity contribution is -0.137. The number of carbonyl (C=O) groups is 4. The number of thioether (sulfide) groups is 2. The van der Waals surface area contributed by atoms with Crippen LogP contribution < -0.4 is 11.5 Å². The highest BCUT2D eigenvalue weighted by molar-refractivity contribution is 8.13. The summed E-state index contributed by atoms with van der Waals surface area (Å²) in [4.78, 5) is 52.3. The molecule has 0 saturated heterocycles. The Labute approximate surface area is 208 Å². The van der Waals surface area contributed by atoms with Crippen LogP contribution in [0.3, 0.4) is 0 Å². The average Bonchev–Trinajstić information content (AvgIpc) is 2.74. The van der Waals surface area contributed by atoms with Crippen molar-refractivity contribution in [3.8, 4) is 0 Å². The fourth-order valence-corrected chi connectivity index (χ4v) is 4.70. The zero-order valence-electron chi connectivity index (χ0n) is 20.3. The van der Waals surface area contributed by atoms with Gasteiger partial charge in [-0.1, -0.05) is 6.42 Å². The predicted molar refractivity (Wildman–Crippen MR) is 137 cm³/mol. The van der Waals surface area contributed by atoms with E-state index in [1.165, 1.54) is 23.5 Å². The van der Waals surface area contributed by atoms with E-state index in [-0.39, 0.29) is 19.3 Å². The highest BCUT2D eigenvalue weighted by Crippen LogP contribution is 2.20. The lowest BCUT2D eigenvalue weighted by atomic mass is 10.1. The molecular formula is C21H39N3O6S3. The number of imide groups is 1. The number of unbranched alkanes of at least 4 members (excludes halogenated alkanes) is 2. The van der Waals surface area contributed by atoms with Crippen molar-refractivity contribution in [2.75, 3.05) is 30.6 Å². The normalized spacial score (nSPS) is 14.3. The molecule has 0 saturated carbocycles. The molecule has 0 spiro atoms. The zero-order valence-corrected chi connectivity index (χ0v) is 22.7. The average molecular weight is 526 g/mol. The molecule has 2 amide bonds. The Morgan fingerprint density at radius 2 is 1.58 bits per heavy atom. The molecule has 4 N–H and O–H groups in total. The lowest BCUT2D eigenvalue weighted by Gasteiger charge is -2.32. The van der Waals surface area contributed by atoms with Gasteiger partial charge in [0.05, 0.1) is 6.04 Å². The van der Waals surface area contributed by atoms with E-state index in [1.807, 2.05) is 6.26 Å². The van der Waals surface area contributed by atoms with Crippen molar-refractivity contribution < 1.29 is 28.1 Å². The van der Waals surface area contributed by atoms with Gasteiger partial charge in [0.2, 0.25) is 16.1 Å². The molecule has 0 heterocycles. The van der Waals surface area contributed by atoms with Gasteiger partial charge in [-0.25, -0.2) is 13.9 Å².